The Morgan fingerprint density at radius 2 is 1.83 bits per heavy atom. The molecule has 0 atom stereocenters. The number of nitrogens with zero attached hydrogens (tertiary/aromatic N) is 4. The number of aryl methyl sites for hydroxylation is 1. The van der Waals surface area contributed by atoms with Gasteiger partial charge in [-0.3, -0.25) is 4.79 Å². The molecule has 0 saturated carbocycles. The van der Waals surface area contributed by atoms with Crippen LogP contribution in [0.5, 0.6) is 0 Å². The number of carbonyl (C=O) groups excluding carboxylic acids is 1. The minimum atomic E-state index is -0.187. The maximum Gasteiger partial charge on any atom is 0.246 e. The highest BCUT2D eigenvalue weighted by Crippen LogP contribution is 2.17. The molecule has 1 heterocycles. The molecule has 0 saturated heterocycles. The molecular formula is C16H14BrN5O. The molecule has 1 aromatic heterocycles. The zero-order chi connectivity index (χ0) is 16.2. The molecule has 23 heavy (non-hydrogen) atoms. The number of nitrogens with one attached hydrogen (secondary N) is 1. The van der Waals surface area contributed by atoms with Crippen LogP contribution in [0.3, 0.4) is 0 Å². The van der Waals surface area contributed by atoms with Gasteiger partial charge in [-0.15, -0.1) is 5.10 Å². The number of rotatable bonds is 4. The van der Waals surface area contributed by atoms with Gasteiger partial charge in [0, 0.05) is 15.7 Å². The molecule has 116 valence electrons. The Kier molecular flexibility index (Phi) is 4.47. The highest BCUT2D eigenvalue weighted by atomic mass is 79.9. The lowest BCUT2D eigenvalue weighted by Gasteiger charge is -2.07. The predicted molar refractivity (Wildman–Crippen MR) is 90.8 cm³/mol. The maximum absolute atomic E-state index is 12.2. The molecule has 0 spiro atoms. The van der Waals surface area contributed by atoms with Crippen molar-refractivity contribution in [3.63, 3.8) is 0 Å². The third-order valence-electron chi connectivity index (χ3n) is 3.26. The number of anilines is 1. The number of carbonyl (C=O) groups is 1. The lowest BCUT2D eigenvalue weighted by molar-refractivity contribution is -0.116. The molecule has 6 nitrogen and oxygen atoms in total. The van der Waals surface area contributed by atoms with Crippen LogP contribution in [0.15, 0.2) is 53.0 Å². The monoisotopic (exact) mass is 371 g/mol. The third kappa shape index (κ3) is 3.81. The fourth-order valence-electron chi connectivity index (χ4n) is 2.09. The SMILES string of the molecule is Cc1ccc(-c2nnnn2CC(=O)Nc2ccc(Br)cc2)cc1. The first-order valence-electron chi connectivity index (χ1n) is 7.00. The van der Waals surface area contributed by atoms with Crippen molar-refractivity contribution in [2.45, 2.75) is 13.5 Å². The van der Waals surface area contributed by atoms with Crippen LogP contribution in [-0.2, 0) is 11.3 Å². The second kappa shape index (κ2) is 6.70. The van der Waals surface area contributed by atoms with E-state index >= 15 is 0 Å². The molecule has 0 radical (unpaired) electrons. The summed E-state index contributed by atoms with van der Waals surface area (Å²) in [5.74, 6) is 0.379. The van der Waals surface area contributed by atoms with Crippen LogP contribution in [-0.4, -0.2) is 26.1 Å². The highest BCUT2D eigenvalue weighted by Gasteiger charge is 2.12. The minimum Gasteiger partial charge on any atom is -0.324 e. The number of aromatic nitrogens is 4. The summed E-state index contributed by atoms with van der Waals surface area (Å²) in [5.41, 5.74) is 2.75. The quantitative estimate of drug-likeness (QED) is 0.764. The van der Waals surface area contributed by atoms with Gasteiger partial charge in [0.25, 0.3) is 0 Å². The standard InChI is InChI=1S/C16H14BrN5O/c1-11-2-4-12(5-3-11)16-19-20-21-22(16)10-15(23)18-14-8-6-13(17)7-9-14/h2-9H,10H2,1H3,(H,18,23). The van der Waals surface area contributed by atoms with Gasteiger partial charge in [0.05, 0.1) is 0 Å². The van der Waals surface area contributed by atoms with Gasteiger partial charge in [0.15, 0.2) is 5.82 Å². The Morgan fingerprint density at radius 3 is 2.52 bits per heavy atom. The van der Waals surface area contributed by atoms with Crippen molar-refractivity contribution < 1.29 is 4.79 Å². The van der Waals surface area contributed by atoms with E-state index in [-0.39, 0.29) is 12.5 Å². The Morgan fingerprint density at radius 1 is 1.13 bits per heavy atom. The summed E-state index contributed by atoms with van der Waals surface area (Å²) in [6, 6.07) is 15.2. The first kappa shape index (κ1) is 15.4. The Labute approximate surface area is 141 Å². The fourth-order valence-corrected chi connectivity index (χ4v) is 2.35. The molecule has 1 N–H and O–H groups in total. The molecule has 0 fully saturated rings. The number of hydrogen-bond acceptors (Lipinski definition) is 4. The van der Waals surface area contributed by atoms with Crippen LogP contribution in [0, 0.1) is 6.92 Å². The largest absolute Gasteiger partial charge is 0.324 e. The smallest absolute Gasteiger partial charge is 0.246 e. The van der Waals surface area contributed by atoms with Crippen LogP contribution < -0.4 is 5.32 Å². The molecule has 3 aromatic rings. The van der Waals surface area contributed by atoms with Crippen LogP contribution in [0.25, 0.3) is 11.4 Å². The van der Waals surface area contributed by atoms with E-state index in [1.165, 1.54) is 4.68 Å². The normalized spacial score (nSPS) is 10.5. The van der Waals surface area contributed by atoms with Gasteiger partial charge in [-0.05, 0) is 41.6 Å². The first-order chi connectivity index (χ1) is 11.1. The summed E-state index contributed by atoms with van der Waals surface area (Å²) < 4.78 is 2.44. The minimum absolute atomic E-state index is 0.0479. The van der Waals surface area contributed by atoms with E-state index in [1.807, 2.05) is 55.5 Å². The van der Waals surface area contributed by atoms with Gasteiger partial charge >= 0.3 is 0 Å². The average molecular weight is 372 g/mol. The number of hydrogen-bond donors (Lipinski definition) is 1. The molecule has 3 rings (SSSR count). The van der Waals surface area contributed by atoms with Gasteiger partial charge in [-0.1, -0.05) is 45.8 Å². The molecule has 0 aliphatic carbocycles. The number of tetrazole rings is 1. The molecule has 0 bridgehead atoms. The van der Waals surface area contributed by atoms with E-state index < -0.39 is 0 Å². The summed E-state index contributed by atoms with van der Waals surface area (Å²) in [6.45, 7) is 2.06. The summed E-state index contributed by atoms with van der Waals surface area (Å²) in [6.07, 6.45) is 0. The van der Waals surface area contributed by atoms with Crippen molar-refractivity contribution in [2.24, 2.45) is 0 Å². The van der Waals surface area contributed by atoms with E-state index in [9.17, 15) is 4.79 Å². The van der Waals surface area contributed by atoms with Gasteiger partial charge in [-0.25, -0.2) is 4.68 Å². The highest BCUT2D eigenvalue weighted by molar-refractivity contribution is 9.10. The second-order valence-corrected chi connectivity index (χ2v) is 6.00. The second-order valence-electron chi connectivity index (χ2n) is 5.08. The summed E-state index contributed by atoms with van der Waals surface area (Å²) >= 11 is 3.36. The van der Waals surface area contributed by atoms with Crippen molar-refractivity contribution in [1.29, 1.82) is 0 Å². The van der Waals surface area contributed by atoms with Crippen LogP contribution >= 0.6 is 15.9 Å². The zero-order valence-electron chi connectivity index (χ0n) is 12.4. The number of amides is 1. The average Bonchev–Trinajstić information content (AvgIpc) is 2.98. The van der Waals surface area contributed by atoms with Crippen molar-refractivity contribution in [3.8, 4) is 11.4 Å². The lowest BCUT2D eigenvalue weighted by atomic mass is 10.1. The van der Waals surface area contributed by atoms with E-state index in [0.717, 1.165) is 21.3 Å². The third-order valence-corrected chi connectivity index (χ3v) is 3.79. The molecule has 0 unspecified atom stereocenters. The first-order valence-corrected chi connectivity index (χ1v) is 7.80. The van der Waals surface area contributed by atoms with Crippen LogP contribution in [0.2, 0.25) is 0 Å². The zero-order valence-corrected chi connectivity index (χ0v) is 14.0. The van der Waals surface area contributed by atoms with Crippen LogP contribution in [0.4, 0.5) is 5.69 Å². The Hall–Kier alpha value is -2.54. The summed E-state index contributed by atoms with van der Waals surface area (Å²) in [7, 11) is 0. The predicted octanol–water partition coefficient (Wildman–Crippen LogP) is 3.05. The molecule has 2 aromatic carbocycles. The van der Waals surface area contributed by atoms with Gasteiger partial charge < -0.3 is 5.32 Å². The van der Waals surface area contributed by atoms with E-state index in [1.54, 1.807) is 0 Å². The molecular weight excluding hydrogens is 358 g/mol. The van der Waals surface area contributed by atoms with E-state index in [0.29, 0.717) is 5.82 Å². The lowest BCUT2D eigenvalue weighted by Crippen LogP contribution is -2.20. The van der Waals surface area contributed by atoms with Gasteiger partial charge in [-0.2, -0.15) is 0 Å². The summed E-state index contributed by atoms with van der Waals surface area (Å²) in [5, 5.41) is 14.4. The molecule has 0 aliphatic rings. The Balaban J connectivity index is 1.73. The molecule has 0 aliphatic heterocycles. The molecule has 7 heteroatoms. The van der Waals surface area contributed by atoms with Gasteiger partial charge in [0.2, 0.25) is 5.91 Å². The van der Waals surface area contributed by atoms with Crippen molar-refractivity contribution in [1.82, 2.24) is 20.2 Å². The van der Waals surface area contributed by atoms with Crippen molar-refractivity contribution in [3.05, 3.63) is 58.6 Å². The van der Waals surface area contributed by atoms with E-state index in [4.69, 9.17) is 0 Å². The maximum atomic E-state index is 12.2. The van der Waals surface area contributed by atoms with E-state index in [2.05, 4.69) is 36.8 Å². The number of benzene rings is 2. The van der Waals surface area contributed by atoms with Gasteiger partial charge in [0.1, 0.15) is 6.54 Å². The Bertz CT molecular complexity index is 811. The topological polar surface area (TPSA) is 72.7 Å². The summed E-state index contributed by atoms with van der Waals surface area (Å²) in [4.78, 5) is 12.2. The van der Waals surface area contributed by atoms with Crippen LogP contribution in [0.1, 0.15) is 5.56 Å². The number of halogens is 1. The fraction of sp³-hybridized carbons (Fsp3) is 0.125. The van der Waals surface area contributed by atoms with Crippen molar-refractivity contribution >= 4 is 27.5 Å². The molecule has 1 amide bonds. The van der Waals surface area contributed by atoms with Crippen molar-refractivity contribution in [2.75, 3.05) is 5.32 Å².